The van der Waals surface area contributed by atoms with Crippen LogP contribution in [0, 0.1) is 13.8 Å². The molecule has 1 amide bonds. The largest absolute Gasteiger partial charge is 0.338 e. The van der Waals surface area contributed by atoms with E-state index in [1.54, 1.807) is 23.1 Å². The predicted octanol–water partition coefficient (Wildman–Crippen LogP) is 3.18. The Kier molecular flexibility index (Phi) is 6.52. The van der Waals surface area contributed by atoms with Crippen LogP contribution in [0.5, 0.6) is 0 Å². The summed E-state index contributed by atoms with van der Waals surface area (Å²) in [5, 5.41) is 0.804. The molecule has 0 atom stereocenters. The monoisotopic (exact) mass is 400 g/mol. The lowest BCUT2D eigenvalue weighted by atomic mass is 10.1. The van der Waals surface area contributed by atoms with E-state index in [1.807, 2.05) is 35.2 Å². The first-order chi connectivity index (χ1) is 12.9. The molecular weight excluding hydrogens is 374 g/mol. The minimum Gasteiger partial charge on any atom is -0.338 e. The van der Waals surface area contributed by atoms with Crippen LogP contribution in [0.3, 0.4) is 0 Å². The molecule has 0 aliphatic rings. The number of carbonyl (C=O) groups excluding carboxylic acids is 1. The summed E-state index contributed by atoms with van der Waals surface area (Å²) in [5.74, 6) is 0.527. The first kappa shape index (κ1) is 19.9. The number of carbonyl (C=O) groups is 1. The second-order valence-corrected chi connectivity index (χ2v) is 9.06. The first-order valence-corrected chi connectivity index (χ1v) is 10.9. The number of thiazole rings is 1. The smallest absolute Gasteiger partial charge is 0.239 e. The van der Waals surface area contributed by atoms with Crippen molar-refractivity contribution < 1.29 is 9.69 Å². The van der Waals surface area contributed by atoms with Crippen molar-refractivity contribution in [3.8, 4) is 0 Å². The summed E-state index contributed by atoms with van der Waals surface area (Å²) in [4.78, 5) is 22.1. The summed E-state index contributed by atoms with van der Waals surface area (Å²) in [6.07, 6.45) is 0. The molecule has 1 heterocycles. The highest BCUT2D eigenvalue weighted by Crippen LogP contribution is 2.32. The van der Waals surface area contributed by atoms with Crippen LogP contribution in [0.1, 0.15) is 11.1 Å². The molecule has 2 aromatic carbocycles. The molecule has 1 aromatic heterocycles. The zero-order valence-electron chi connectivity index (χ0n) is 16.3. The van der Waals surface area contributed by atoms with E-state index in [2.05, 4.69) is 40.1 Å². The van der Waals surface area contributed by atoms with Crippen LogP contribution in [0.4, 0.5) is 5.13 Å². The van der Waals surface area contributed by atoms with Crippen molar-refractivity contribution in [3.05, 3.63) is 53.6 Å². The van der Waals surface area contributed by atoms with Gasteiger partial charge in [-0.25, -0.2) is 4.98 Å². The van der Waals surface area contributed by atoms with Gasteiger partial charge in [0.15, 0.2) is 5.13 Å². The molecule has 0 radical (unpaired) electrons. The highest BCUT2D eigenvalue weighted by Gasteiger charge is 2.21. The van der Waals surface area contributed by atoms with E-state index in [9.17, 15) is 4.79 Å². The van der Waals surface area contributed by atoms with Crippen molar-refractivity contribution >= 4 is 44.4 Å². The predicted molar refractivity (Wildman–Crippen MR) is 116 cm³/mol. The van der Waals surface area contributed by atoms with Gasteiger partial charge in [-0.05, 0) is 43.2 Å². The second-order valence-electron chi connectivity index (χ2n) is 7.03. The van der Waals surface area contributed by atoms with Gasteiger partial charge in [0.2, 0.25) is 5.91 Å². The average Bonchev–Trinajstić information content (AvgIpc) is 3.04. The summed E-state index contributed by atoms with van der Waals surface area (Å²) in [7, 11) is 4.21. The Morgan fingerprint density at radius 3 is 2.63 bits per heavy atom. The van der Waals surface area contributed by atoms with Gasteiger partial charge in [-0.1, -0.05) is 35.6 Å². The number of quaternary nitrogens is 1. The van der Waals surface area contributed by atoms with Crippen LogP contribution in [-0.2, 0) is 4.79 Å². The van der Waals surface area contributed by atoms with E-state index in [1.165, 1.54) is 20.7 Å². The number of amides is 1. The van der Waals surface area contributed by atoms with Gasteiger partial charge in [0.25, 0.3) is 0 Å². The third kappa shape index (κ3) is 5.09. The Bertz CT molecular complexity index is 922. The molecule has 6 heteroatoms. The first-order valence-electron chi connectivity index (χ1n) is 9.09. The van der Waals surface area contributed by atoms with Gasteiger partial charge >= 0.3 is 0 Å². The summed E-state index contributed by atoms with van der Waals surface area (Å²) in [6.45, 7) is 5.75. The number of anilines is 1. The van der Waals surface area contributed by atoms with Gasteiger partial charge < -0.3 is 4.90 Å². The number of rotatable bonds is 7. The van der Waals surface area contributed by atoms with E-state index in [4.69, 9.17) is 4.98 Å². The molecule has 142 valence electrons. The zero-order valence-corrected chi connectivity index (χ0v) is 17.9. The number of benzene rings is 2. The fourth-order valence-electron chi connectivity index (χ4n) is 2.88. The second kappa shape index (κ2) is 8.87. The zero-order chi connectivity index (χ0) is 19.4. The SMILES string of the molecule is Cc1cc(C)c2sc(N(CC[NH+](C)C)C(=O)CSc3ccccc3)nc2c1. The lowest BCUT2D eigenvalue weighted by Crippen LogP contribution is -3.06. The van der Waals surface area contributed by atoms with E-state index in [0.717, 1.165) is 22.1 Å². The average molecular weight is 401 g/mol. The fourth-order valence-corrected chi connectivity index (χ4v) is 4.74. The Morgan fingerprint density at radius 1 is 1.19 bits per heavy atom. The molecule has 0 bridgehead atoms. The van der Waals surface area contributed by atoms with Crippen molar-refractivity contribution in [3.63, 3.8) is 0 Å². The molecule has 27 heavy (non-hydrogen) atoms. The fraction of sp³-hybridized carbons (Fsp3) is 0.333. The Hall–Kier alpha value is -1.89. The van der Waals surface area contributed by atoms with Gasteiger partial charge in [0.1, 0.15) is 0 Å². The maximum atomic E-state index is 13.0. The normalized spacial score (nSPS) is 11.3. The van der Waals surface area contributed by atoms with Crippen molar-refractivity contribution in [1.82, 2.24) is 4.98 Å². The van der Waals surface area contributed by atoms with Crippen molar-refractivity contribution in [2.45, 2.75) is 18.7 Å². The maximum Gasteiger partial charge on any atom is 0.239 e. The Labute approximate surface area is 169 Å². The van der Waals surface area contributed by atoms with Gasteiger partial charge in [0, 0.05) is 4.90 Å². The van der Waals surface area contributed by atoms with Crippen molar-refractivity contribution in [1.29, 1.82) is 0 Å². The summed E-state index contributed by atoms with van der Waals surface area (Å²) >= 11 is 3.19. The van der Waals surface area contributed by atoms with Crippen LogP contribution in [0.25, 0.3) is 10.2 Å². The molecule has 0 aliphatic carbocycles. The molecule has 3 rings (SSSR count). The lowest BCUT2D eigenvalue weighted by Gasteiger charge is -2.20. The third-order valence-electron chi connectivity index (χ3n) is 4.28. The van der Waals surface area contributed by atoms with Crippen LogP contribution in [0.15, 0.2) is 47.4 Å². The highest BCUT2D eigenvalue weighted by molar-refractivity contribution is 8.00. The molecule has 3 aromatic rings. The van der Waals surface area contributed by atoms with Gasteiger partial charge in [-0.15, -0.1) is 11.8 Å². The standard InChI is InChI=1S/C21H25N3OS2/c1-15-12-16(2)20-18(13-15)22-21(27-20)24(11-10-23(3)4)19(25)14-26-17-8-6-5-7-9-17/h5-9,12-13H,10-11,14H2,1-4H3/p+1. The Balaban J connectivity index is 1.84. The minimum atomic E-state index is 0.110. The van der Waals surface area contributed by atoms with Crippen LogP contribution in [0.2, 0.25) is 0 Å². The quantitative estimate of drug-likeness (QED) is 0.619. The van der Waals surface area contributed by atoms with Crippen LogP contribution < -0.4 is 9.80 Å². The molecule has 1 N–H and O–H groups in total. The lowest BCUT2D eigenvalue weighted by molar-refractivity contribution is -0.856. The van der Waals surface area contributed by atoms with E-state index >= 15 is 0 Å². The van der Waals surface area contributed by atoms with Gasteiger partial charge in [-0.3, -0.25) is 9.69 Å². The number of nitrogens with zero attached hydrogens (tertiary/aromatic N) is 2. The molecule has 0 aliphatic heterocycles. The number of hydrogen-bond donors (Lipinski definition) is 1. The number of aromatic nitrogens is 1. The number of fused-ring (bicyclic) bond motifs is 1. The number of nitrogens with one attached hydrogen (secondary N) is 1. The topological polar surface area (TPSA) is 37.6 Å². The third-order valence-corrected chi connectivity index (χ3v) is 6.51. The summed E-state index contributed by atoms with van der Waals surface area (Å²) < 4.78 is 1.17. The molecule has 0 saturated heterocycles. The number of aryl methyl sites for hydroxylation is 2. The van der Waals surface area contributed by atoms with Gasteiger partial charge in [-0.2, -0.15) is 0 Å². The molecular formula is C21H26N3OS2+. The summed E-state index contributed by atoms with van der Waals surface area (Å²) in [5.41, 5.74) is 3.41. The van der Waals surface area contributed by atoms with E-state index < -0.39 is 0 Å². The van der Waals surface area contributed by atoms with Gasteiger partial charge in [0.05, 0.1) is 43.2 Å². The number of hydrogen-bond acceptors (Lipinski definition) is 4. The molecule has 0 fully saturated rings. The van der Waals surface area contributed by atoms with Crippen LogP contribution in [-0.4, -0.2) is 43.8 Å². The molecule has 0 unspecified atom stereocenters. The molecule has 4 nitrogen and oxygen atoms in total. The summed E-state index contributed by atoms with van der Waals surface area (Å²) in [6, 6.07) is 14.3. The maximum absolute atomic E-state index is 13.0. The van der Waals surface area contributed by atoms with Crippen LogP contribution >= 0.6 is 23.1 Å². The number of thioether (sulfide) groups is 1. The molecule has 0 spiro atoms. The number of likely N-dealkylation sites (N-methyl/N-ethyl adjacent to an activating group) is 1. The molecule has 0 saturated carbocycles. The Morgan fingerprint density at radius 2 is 1.93 bits per heavy atom. The van der Waals surface area contributed by atoms with Crippen molar-refractivity contribution in [2.75, 3.05) is 37.8 Å². The minimum absolute atomic E-state index is 0.110. The van der Waals surface area contributed by atoms with E-state index in [-0.39, 0.29) is 5.91 Å². The van der Waals surface area contributed by atoms with E-state index in [0.29, 0.717) is 12.3 Å². The highest BCUT2D eigenvalue weighted by atomic mass is 32.2. The van der Waals surface area contributed by atoms with Crippen molar-refractivity contribution in [2.24, 2.45) is 0 Å².